The van der Waals surface area contributed by atoms with Crippen LogP contribution in [0.25, 0.3) is 0 Å². The molecule has 0 radical (unpaired) electrons. The Morgan fingerprint density at radius 3 is 2.70 bits per heavy atom. The molecule has 0 fully saturated rings. The monoisotopic (exact) mass is 180 g/mol. The van der Waals surface area contributed by atoms with Crippen molar-refractivity contribution in [3.63, 3.8) is 0 Å². The van der Waals surface area contributed by atoms with Crippen molar-refractivity contribution < 1.29 is 4.79 Å². The van der Waals surface area contributed by atoms with E-state index in [1.54, 1.807) is 6.08 Å². The van der Waals surface area contributed by atoms with Crippen LogP contribution in [0.3, 0.4) is 0 Å². The molecule has 56 valence electrons. The summed E-state index contributed by atoms with van der Waals surface area (Å²) in [5.41, 5.74) is 0.548. The Morgan fingerprint density at radius 2 is 2.30 bits per heavy atom. The molecular formula is C5H6Cl2N2O. The van der Waals surface area contributed by atoms with E-state index in [2.05, 4.69) is 10.6 Å². The molecule has 10 heavy (non-hydrogen) atoms. The quantitative estimate of drug-likeness (QED) is 0.581. The van der Waals surface area contributed by atoms with Crippen molar-refractivity contribution in [1.29, 1.82) is 0 Å². The van der Waals surface area contributed by atoms with Gasteiger partial charge in [0, 0.05) is 6.54 Å². The van der Waals surface area contributed by atoms with E-state index in [0.29, 0.717) is 12.2 Å². The first kappa shape index (κ1) is 7.69. The van der Waals surface area contributed by atoms with Gasteiger partial charge in [0.1, 0.15) is 4.84 Å². The molecule has 1 heterocycles. The van der Waals surface area contributed by atoms with Crippen molar-refractivity contribution in [2.45, 2.75) is 4.84 Å². The Bertz CT molecular complexity index is 178. The zero-order valence-electron chi connectivity index (χ0n) is 5.03. The second-order valence-corrected chi connectivity index (χ2v) is 2.89. The summed E-state index contributed by atoms with van der Waals surface area (Å²) >= 11 is 11.0. The zero-order valence-corrected chi connectivity index (χ0v) is 6.54. The fourth-order valence-corrected chi connectivity index (χ4v) is 0.911. The summed E-state index contributed by atoms with van der Waals surface area (Å²) in [6.07, 6.45) is 1.73. The number of rotatable bonds is 1. The molecule has 2 N–H and O–H groups in total. The minimum absolute atomic E-state index is 0.260. The van der Waals surface area contributed by atoms with Gasteiger partial charge in [0.2, 0.25) is 0 Å². The Labute approximate surface area is 68.4 Å². The summed E-state index contributed by atoms with van der Waals surface area (Å²) in [4.78, 5) is 9.95. The molecule has 5 heteroatoms. The number of hydrogen-bond acceptors (Lipinski definition) is 1. The van der Waals surface area contributed by atoms with E-state index in [-0.39, 0.29) is 6.03 Å². The number of alkyl halides is 2. The lowest BCUT2D eigenvalue weighted by Crippen LogP contribution is -2.40. The van der Waals surface area contributed by atoms with E-state index in [1.165, 1.54) is 0 Å². The van der Waals surface area contributed by atoms with Gasteiger partial charge in [-0.3, -0.25) is 0 Å². The van der Waals surface area contributed by atoms with E-state index in [9.17, 15) is 4.79 Å². The number of allylic oxidation sites excluding steroid dienone is 1. The van der Waals surface area contributed by atoms with Gasteiger partial charge in [-0.1, -0.05) is 23.2 Å². The second kappa shape index (κ2) is 3.12. The van der Waals surface area contributed by atoms with E-state index in [1.807, 2.05) is 0 Å². The summed E-state index contributed by atoms with van der Waals surface area (Å²) in [7, 11) is 0. The average Bonchev–Trinajstić information content (AvgIpc) is 1.88. The maximum Gasteiger partial charge on any atom is 0.319 e. The van der Waals surface area contributed by atoms with Crippen LogP contribution in [0.15, 0.2) is 11.8 Å². The Kier molecular flexibility index (Phi) is 2.40. The number of carbonyl (C=O) groups excluding carboxylic acids is 1. The van der Waals surface area contributed by atoms with Gasteiger partial charge in [-0.25, -0.2) is 4.79 Å². The second-order valence-electron chi connectivity index (χ2n) is 1.80. The minimum atomic E-state index is -0.647. The highest BCUT2D eigenvalue weighted by Gasteiger charge is 2.13. The number of urea groups is 1. The maximum absolute atomic E-state index is 10.6. The first-order valence-electron chi connectivity index (χ1n) is 2.73. The zero-order chi connectivity index (χ0) is 7.56. The molecule has 0 aromatic carbocycles. The molecule has 1 aliphatic rings. The standard InChI is InChI=1S/C5H6Cl2N2O/c6-4(7)3-1-2-8-5(10)9-3/h1,4H,2H2,(H2,8,9,10). The topological polar surface area (TPSA) is 41.1 Å². The van der Waals surface area contributed by atoms with Gasteiger partial charge >= 0.3 is 6.03 Å². The molecule has 0 aromatic heterocycles. The van der Waals surface area contributed by atoms with Gasteiger partial charge in [-0.2, -0.15) is 0 Å². The highest BCUT2D eigenvalue weighted by atomic mass is 35.5. The highest BCUT2D eigenvalue weighted by molar-refractivity contribution is 6.46. The van der Waals surface area contributed by atoms with Gasteiger partial charge in [0.15, 0.2) is 0 Å². The molecule has 2 amide bonds. The number of nitrogens with one attached hydrogen (secondary N) is 2. The van der Waals surface area contributed by atoms with Crippen molar-refractivity contribution in [2.24, 2.45) is 0 Å². The Morgan fingerprint density at radius 1 is 1.60 bits per heavy atom. The molecule has 0 atom stereocenters. The molecule has 0 spiro atoms. The van der Waals surface area contributed by atoms with Crippen molar-refractivity contribution >= 4 is 29.2 Å². The molecule has 0 aliphatic carbocycles. The van der Waals surface area contributed by atoms with Crippen molar-refractivity contribution in [1.82, 2.24) is 10.6 Å². The van der Waals surface area contributed by atoms with Crippen LogP contribution < -0.4 is 10.6 Å². The average molecular weight is 181 g/mol. The van der Waals surface area contributed by atoms with Gasteiger partial charge in [-0.05, 0) is 6.08 Å². The van der Waals surface area contributed by atoms with Crippen molar-refractivity contribution in [3.8, 4) is 0 Å². The normalized spacial score (nSPS) is 17.9. The molecule has 1 aliphatic heterocycles. The van der Waals surface area contributed by atoms with Gasteiger partial charge < -0.3 is 10.6 Å². The van der Waals surface area contributed by atoms with Crippen LogP contribution in [0.5, 0.6) is 0 Å². The summed E-state index contributed by atoms with van der Waals surface area (Å²) in [5.74, 6) is 0. The third kappa shape index (κ3) is 1.78. The molecule has 0 unspecified atom stereocenters. The number of amides is 2. The van der Waals surface area contributed by atoms with Crippen molar-refractivity contribution in [2.75, 3.05) is 6.54 Å². The Hall–Kier alpha value is -0.410. The summed E-state index contributed by atoms with van der Waals surface area (Å²) in [6, 6.07) is -0.260. The van der Waals surface area contributed by atoms with Gasteiger partial charge in [0.25, 0.3) is 0 Å². The van der Waals surface area contributed by atoms with Crippen LogP contribution in [0.4, 0.5) is 4.79 Å². The lowest BCUT2D eigenvalue weighted by atomic mass is 10.4. The van der Waals surface area contributed by atoms with Gasteiger partial charge in [-0.15, -0.1) is 0 Å². The van der Waals surface area contributed by atoms with E-state index in [0.717, 1.165) is 0 Å². The van der Waals surface area contributed by atoms with Crippen LogP contribution in [0, 0.1) is 0 Å². The molecule has 0 bridgehead atoms. The van der Waals surface area contributed by atoms with Crippen LogP contribution in [0.2, 0.25) is 0 Å². The fourth-order valence-electron chi connectivity index (χ4n) is 0.624. The van der Waals surface area contributed by atoms with E-state index >= 15 is 0 Å². The third-order valence-corrected chi connectivity index (χ3v) is 1.55. The lowest BCUT2D eigenvalue weighted by Gasteiger charge is -2.15. The Balaban J connectivity index is 2.60. The molecule has 1 rings (SSSR count). The van der Waals surface area contributed by atoms with E-state index in [4.69, 9.17) is 23.2 Å². The first-order chi connectivity index (χ1) is 4.70. The number of hydrogen-bond donors (Lipinski definition) is 2. The smallest absolute Gasteiger partial charge is 0.319 e. The molecule has 3 nitrogen and oxygen atoms in total. The highest BCUT2D eigenvalue weighted by Crippen LogP contribution is 2.12. The lowest BCUT2D eigenvalue weighted by molar-refractivity contribution is 0.243. The number of halogens is 2. The molecule has 0 saturated heterocycles. The summed E-state index contributed by atoms with van der Waals surface area (Å²) in [5, 5.41) is 4.99. The predicted molar refractivity (Wildman–Crippen MR) is 40.1 cm³/mol. The SMILES string of the molecule is O=C1NCC=C(C(Cl)Cl)N1. The predicted octanol–water partition coefficient (Wildman–Crippen LogP) is 0.987. The molecular weight excluding hydrogens is 175 g/mol. The largest absolute Gasteiger partial charge is 0.334 e. The van der Waals surface area contributed by atoms with Crippen molar-refractivity contribution in [3.05, 3.63) is 11.8 Å². The van der Waals surface area contributed by atoms with Crippen LogP contribution >= 0.6 is 23.2 Å². The minimum Gasteiger partial charge on any atom is -0.334 e. The third-order valence-electron chi connectivity index (χ3n) is 1.08. The molecule has 0 aromatic rings. The summed E-state index contributed by atoms with van der Waals surface area (Å²) in [6.45, 7) is 0.483. The van der Waals surface area contributed by atoms with Gasteiger partial charge in [0.05, 0.1) is 5.70 Å². The van der Waals surface area contributed by atoms with E-state index < -0.39 is 4.84 Å². The first-order valence-corrected chi connectivity index (χ1v) is 3.60. The molecule has 0 saturated carbocycles. The van der Waals surface area contributed by atoms with Crippen LogP contribution in [-0.2, 0) is 0 Å². The fraction of sp³-hybridized carbons (Fsp3) is 0.400. The number of carbonyl (C=O) groups is 1. The summed E-state index contributed by atoms with van der Waals surface area (Å²) < 4.78 is 0. The maximum atomic E-state index is 10.6. The van der Waals surface area contributed by atoms with Crippen LogP contribution in [-0.4, -0.2) is 17.4 Å². The van der Waals surface area contributed by atoms with Crippen LogP contribution in [0.1, 0.15) is 0 Å².